The first-order valence-electron chi connectivity index (χ1n) is 5.18. The first kappa shape index (κ1) is 12.0. The molecule has 0 saturated heterocycles. The highest BCUT2D eigenvalue weighted by molar-refractivity contribution is 5.81. The monoisotopic (exact) mass is 213 g/mol. The lowest BCUT2D eigenvalue weighted by molar-refractivity contribution is -0.174. The number of carbonyl (C=O) groups is 1. The highest BCUT2D eigenvalue weighted by Gasteiger charge is 2.46. The number of carbonyl (C=O) groups excluding carboxylic acids is 2. The zero-order valence-corrected chi connectivity index (χ0v) is 9.46. The minimum atomic E-state index is -1.07. The normalized spacial score (nSPS) is 19.7. The van der Waals surface area contributed by atoms with Crippen LogP contribution in [0.15, 0.2) is 0 Å². The zero-order valence-electron chi connectivity index (χ0n) is 9.46. The largest absolute Gasteiger partial charge is 0.457 e. The molecule has 1 rings (SSSR count). The van der Waals surface area contributed by atoms with Gasteiger partial charge >= 0.3 is 12.4 Å². The van der Waals surface area contributed by atoms with Gasteiger partial charge in [0.2, 0.25) is 5.60 Å². The number of hydrogen-bond donors (Lipinski definition) is 0. The van der Waals surface area contributed by atoms with E-state index in [1.54, 1.807) is 20.8 Å². The second kappa shape index (κ2) is 4.21. The zero-order chi connectivity index (χ0) is 11.5. The molecule has 0 amide bonds. The van der Waals surface area contributed by atoms with E-state index in [9.17, 15) is 9.59 Å². The Kier molecular flexibility index (Phi) is 3.37. The van der Waals surface area contributed by atoms with Crippen molar-refractivity contribution in [3.8, 4) is 0 Å². The summed E-state index contributed by atoms with van der Waals surface area (Å²) in [5.74, 6) is -0.448. The van der Waals surface area contributed by atoms with E-state index in [2.05, 4.69) is 0 Å². The maximum Gasteiger partial charge on any atom is 0.418 e. The Labute approximate surface area is 89.9 Å². The van der Waals surface area contributed by atoms with Gasteiger partial charge in [0.25, 0.3) is 0 Å². The quantitative estimate of drug-likeness (QED) is 0.670. The Morgan fingerprint density at radius 2 is 1.80 bits per heavy atom. The third kappa shape index (κ3) is 2.94. The smallest absolute Gasteiger partial charge is 0.418 e. The molecule has 1 fully saturated rings. The first-order valence-corrected chi connectivity index (χ1v) is 5.18. The van der Waals surface area contributed by atoms with E-state index in [0.717, 1.165) is 12.8 Å². The van der Waals surface area contributed by atoms with Crippen molar-refractivity contribution in [2.45, 2.75) is 57.7 Å². The third-order valence-corrected chi connectivity index (χ3v) is 2.42. The predicted octanol–water partition coefficient (Wildman–Crippen LogP) is 1.72. The molecule has 0 unspecified atom stereocenters. The molecule has 1 aliphatic rings. The summed E-state index contributed by atoms with van der Waals surface area (Å²) in [6, 6.07) is 0. The van der Waals surface area contributed by atoms with Crippen LogP contribution < -0.4 is 0 Å². The summed E-state index contributed by atoms with van der Waals surface area (Å²) in [7, 11) is 0. The molecule has 0 aliphatic heterocycles. The molecular weight excluding hydrogens is 196 g/mol. The number of esters is 1. The van der Waals surface area contributed by atoms with Gasteiger partial charge in [0.05, 0.1) is 0 Å². The van der Waals surface area contributed by atoms with Crippen LogP contribution >= 0.6 is 0 Å². The molecule has 0 N–H and O–H groups in total. The minimum absolute atomic E-state index is 0.448. The van der Waals surface area contributed by atoms with Crippen molar-refractivity contribution in [3.05, 3.63) is 0 Å². The van der Waals surface area contributed by atoms with E-state index in [1.165, 1.54) is 6.47 Å². The van der Waals surface area contributed by atoms with Crippen LogP contribution in [0.2, 0.25) is 0 Å². The molecule has 15 heavy (non-hydrogen) atoms. The van der Waals surface area contributed by atoms with Gasteiger partial charge in [0, 0.05) is 0 Å². The van der Waals surface area contributed by atoms with Gasteiger partial charge in [-0.3, -0.25) is 0 Å². The topological polar surface area (TPSA) is 52.6 Å². The Hall–Kier alpha value is -1.06. The fourth-order valence-electron chi connectivity index (χ4n) is 1.74. The van der Waals surface area contributed by atoms with Crippen molar-refractivity contribution in [2.24, 2.45) is 0 Å². The van der Waals surface area contributed by atoms with Gasteiger partial charge in [-0.15, -0.1) is 0 Å². The van der Waals surface area contributed by atoms with Crippen LogP contribution in [0.4, 0.5) is 0 Å². The van der Waals surface area contributed by atoms with E-state index in [-0.39, 0.29) is 0 Å². The summed E-state index contributed by atoms with van der Waals surface area (Å²) in [5.41, 5.74) is -1.63. The van der Waals surface area contributed by atoms with Gasteiger partial charge in [-0.1, -0.05) is 0 Å². The van der Waals surface area contributed by atoms with Crippen molar-refractivity contribution < 1.29 is 19.1 Å². The van der Waals surface area contributed by atoms with Gasteiger partial charge in [0.1, 0.15) is 5.60 Å². The van der Waals surface area contributed by atoms with Crippen molar-refractivity contribution in [2.75, 3.05) is 0 Å². The summed E-state index contributed by atoms with van der Waals surface area (Å²) in [5, 5.41) is 0. The average molecular weight is 213 g/mol. The summed E-state index contributed by atoms with van der Waals surface area (Å²) in [6.07, 6.45) is 2.83. The van der Waals surface area contributed by atoms with Crippen LogP contribution in [0.5, 0.6) is 0 Å². The van der Waals surface area contributed by atoms with Gasteiger partial charge in [-0.2, -0.15) is 0 Å². The Morgan fingerprint density at radius 1 is 1.27 bits per heavy atom. The lowest BCUT2D eigenvalue weighted by Crippen LogP contribution is -2.43. The molecule has 0 aromatic heterocycles. The Bertz CT molecular complexity index is 246. The van der Waals surface area contributed by atoms with Crippen LogP contribution in [0, 0.1) is 0 Å². The summed E-state index contributed by atoms with van der Waals surface area (Å²) >= 11 is 0. The van der Waals surface area contributed by atoms with Crippen LogP contribution in [0.25, 0.3) is 0 Å². The fourth-order valence-corrected chi connectivity index (χ4v) is 1.74. The van der Waals surface area contributed by atoms with Gasteiger partial charge < -0.3 is 9.47 Å². The minimum Gasteiger partial charge on any atom is -0.457 e. The lowest BCUT2D eigenvalue weighted by atomic mass is 10.0. The van der Waals surface area contributed by atoms with Gasteiger partial charge in [0.15, 0.2) is 0 Å². The number of ether oxygens (including phenoxy) is 2. The van der Waals surface area contributed by atoms with Crippen LogP contribution in [-0.2, 0) is 19.1 Å². The number of rotatable bonds is 3. The fraction of sp³-hybridized carbons (Fsp3) is 0.818. The molecule has 0 atom stereocenters. The van der Waals surface area contributed by atoms with E-state index < -0.39 is 17.2 Å². The molecule has 0 aromatic carbocycles. The molecule has 0 bridgehead atoms. The molecule has 1 saturated carbocycles. The SMILES string of the molecule is CC(C)(C)OC(=O)C1(O[C]=O)CCCC1. The average Bonchev–Trinajstić information content (AvgIpc) is 2.51. The molecule has 4 heteroatoms. The standard InChI is InChI=1S/C11H17O4/c1-10(2,3)15-9(13)11(14-8-12)6-4-5-7-11/h4-7H2,1-3H3. The van der Waals surface area contributed by atoms with Crippen molar-refractivity contribution in [1.82, 2.24) is 0 Å². The van der Waals surface area contributed by atoms with Crippen molar-refractivity contribution in [1.29, 1.82) is 0 Å². The van der Waals surface area contributed by atoms with Crippen LogP contribution in [0.1, 0.15) is 46.5 Å². The molecule has 4 nitrogen and oxygen atoms in total. The van der Waals surface area contributed by atoms with Crippen LogP contribution in [-0.4, -0.2) is 23.6 Å². The van der Waals surface area contributed by atoms with E-state index in [0.29, 0.717) is 12.8 Å². The van der Waals surface area contributed by atoms with Crippen LogP contribution in [0.3, 0.4) is 0 Å². The Morgan fingerprint density at radius 3 is 2.20 bits per heavy atom. The maximum atomic E-state index is 11.8. The second-order valence-corrected chi connectivity index (χ2v) is 4.89. The third-order valence-electron chi connectivity index (χ3n) is 2.42. The molecule has 0 spiro atoms. The van der Waals surface area contributed by atoms with E-state index in [1.807, 2.05) is 0 Å². The second-order valence-electron chi connectivity index (χ2n) is 4.89. The Balaban J connectivity index is 2.72. The predicted molar refractivity (Wildman–Crippen MR) is 53.8 cm³/mol. The molecule has 0 heterocycles. The van der Waals surface area contributed by atoms with Crippen molar-refractivity contribution in [3.63, 3.8) is 0 Å². The van der Waals surface area contributed by atoms with E-state index >= 15 is 0 Å². The van der Waals surface area contributed by atoms with Gasteiger partial charge in [-0.25, -0.2) is 9.59 Å². The highest BCUT2D eigenvalue weighted by atomic mass is 16.6. The number of hydrogen-bond acceptors (Lipinski definition) is 4. The summed E-state index contributed by atoms with van der Waals surface area (Å²) in [6.45, 7) is 6.74. The maximum absolute atomic E-state index is 11.8. The summed E-state index contributed by atoms with van der Waals surface area (Å²) < 4.78 is 10.1. The molecule has 1 radical (unpaired) electrons. The highest BCUT2D eigenvalue weighted by Crippen LogP contribution is 2.34. The van der Waals surface area contributed by atoms with Crippen molar-refractivity contribution >= 4 is 12.4 Å². The van der Waals surface area contributed by atoms with Gasteiger partial charge in [-0.05, 0) is 46.5 Å². The first-order chi connectivity index (χ1) is 6.90. The molecule has 0 aromatic rings. The molecular formula is C11H17O4. The lowest BCUT2D eigenvalue weighted by Gasteiger charge is -2.29. The van der Waals surface area contributed by atoms with E-state index in [4.69, 9.17) is 9.47 Å². The molecule has 85 valence electrons. The molecule has 1 aliphatic carbocycles. The summed E-state index contributed by atoms with van der Waals surface area (Å²) in [4.78, 5) is 22.1.